The van der Waals surface area contributed by atoms with E-state index in [1.165, 1.54) is 7.11 Å². The lowest BCUT2D eigenvalue weighted by atomic mass is 10.2. The van der Waals surface area contributed by atoms with Crippen LogP contribution in [0.3, 0.4) is 0 Å². The summed E-state index contributed by atoms with van der Waals surface area (Å²) >= 11 is 10.4. The van der Waals surface area contributed by atoms with Gasteiger partial charge in [0.1, 0.15) is 12.4 Å². The van der Waals surface area contributed by atoms with Crippen molar-refractivity contribution in [3.8, 4) is 17.2 Å². The van der Waals surface area contributed by atoms with Gasteiger partial charge in [0.15, 0.2) is 18.1 Å². The van der Waals surface area contributed by atoms with Gasteiger partial charge in [0.05, 0.1) is 23.0 Å². The smallest absolute Gasteiger partial charge is 0.293 e. The molecule has 0 unspecified atom stereocenters. The molecule has 11 heteroatoms. The van der Waals surface area contributed by atoms with Crippen LogP contribution in [0.2, 0.25) is 5.02 Å². The first-order valence-electron chi connectivity index (χ1n) is 11.7. The Kier molecular flexibility index (Phi) is 9.55. The minimum absolute atomic E-state index is 0.132. The number of rotatable bonds is 10. The predicted molar refractivity (Wildman–Crippen MR) is 156 cm³/mol. The Morgan fingerprint density at radius 1 is 1.10 bits per heavy atom. The molecular formula is C28H24BrClN2O6S. The van der Waals surface area contributed by atoms with Gasteiger partial charge in [0, 0.05) is 10.7 Å². The second kappa shape index (κ2) is 13.1. The van der Waals surface area contributed by atoms with Crippen LogP contribution in [0.5, 0.6) is 17.2 Å². The van der Waals surface area contributed by atoms with E-state index in [-0.39, 0.29) is 35.8 Å². The van der Waals surface area contributed by atoms with Crippen LogP contribution < -0.4 is 19.5 Å². The van der Waals surface area contributed by atoms with Gasteiger partial charge >= 0.3 is 0 Å². The summed E-state index contributed by atoms with van der Waals surface area (Å²) in [6.45, 7) is 1.92. The quantitative estimate of drug-likeness (QED) is 0.254. The van der Waals surface area contributed by atoms with E-state index in [1.807, 2.05) is 31.2 Å². The summed E-state index contributed by atoms with van der Waals surface area (Å²) in [5.74, 6) is 0.550. The van der Waals surface area contributed by atoms with Crippen LogP contribution >= 0.6 is 39.3 Å². The van der Waals surface area contributed by atoms with Gasteiger partial charge in [-0.1, -0.05) is 35.9 Å². The highest BCUT2D eigenvalue weighted by molar-refractivity contribution is 9.10. The summed E-state index contributed by atoms with van der Waals surface area (Å²) < 4.78 is 17.3. The number of para-hydroxylation sites is 1. The van der Waals surface area contributed by atoms with E-state index in [9.17, 15) is 14.4 Å². The van der Waals surface area contributed by atoms with E-state index in [1.54, 1.807) is 42.5 Å². The van der Waals surface area contributed by atoms with E-state index in [0.29, 0.717) is 38.0 Å². The molecule has 0 saturated carbocycles. The molecule has 0 aromatic heterocycles. The van der Waals surface area contributed by atoms with Crippen molar-refractivity contribution in [2.45, 2.75) is 6.92 Å². The van der Waals surface area contributed by atoms with E-state index in [4.69, 9.17) is 25.8 Å². The Balaban J connectivity index is 1.40. The van der Waals surface area contributed by atoms with Crippen LogP contribution in [0.1, 0.15) is 11.1 Å². The summed E-state index contributed by atoms with van der Waals surface area (Å²) in [6.07, 6.45) is 1.61. The third-order valence-corrected chi connectivity index (χ3v) is 7.46. The number of aryl methyl sites for hydroxylation is 1. The van der Waals surface area contributed by atoms with Crippen LogP contribution in [0, 0.1) is 6.92 Å². The standard InChI is InChI=1S/C28H24BrClN2O6S/c1-17-8-9-19(15-22(17)30)31-25(33)16-38-26-21(29)12-18(13-23(26)36-2)14-24-27(34)32(28(35)39-24)10-11-37-20-6-4-3-5-7-20/h3-9,12-15H,10-11,16H2,1-2H3,(H,31,33)/b24-14-. The summed E-state index contributed by atoms with van der Waals surface area (Å²) in [7, 11) is 1.47. The Morgan fingerprint density at radius 2 is 1.87 bits per heavy atom. The van der Waals surface area contributed by atoms with E-state index in [0.717, 1.165) is 22.2 Å². The number of thioether (sulfide) groups is 1. The van der Waals surface area contributed by atoms with Gasteiger partial charge in [0.25, 0.3) is 17.1 Å². The van der Waals surface area contributed by atoms with Crippen LogP contribution in [-0.4, -0.2) is 48.8 Å². The maximum atomic E-state index is 12.9. The molecule has 1 fully saturated rings. The number of nitrogens with one attached hydrogen (secondary N) is 1. The molecule has 202 valence electrons. The highest BCUT2D eigenvalue weighted by Gasteiger charge is 2.35. The normalized spacial score (nSPS) is 14.1. The second-order valence-electron chi connectivity index (χ2n) is 8.33. The number of benzene rings is 3. The number of anilines is 1. The predicted octanol–water partition coefficient (Wildman–Crippen LogP) is 6.55. The van der Waals surface area contributed by atoms with E-state index in [2.05, 4.69) is 21.2 Å². The zero-order chi connectivity index (χ0) is 27.9. The Morgan fingerprint density at radius 3 is 2.59 bits per heavy atom. The lowest BCUT2D eigenvalue weighted by Crippen LogP contribution is -2.32. The number of amides is 3. The number of ether oxygens (including phenoxy) is 3. The molecule has 0 atom stereocenters. The molecule has 39 heavy (non-hydrogen) atoms. The zero-order valence-corrected chi connectivity index (χ0v) is 24.2. The van der Waals surface area contributed by atoms with Gasteiger partial charge in [-0.05, 0) is 88.2 Å². The Hall–Kier alpha value is -3.47. The molecule has 1 heterocycles. The number of carbonyl (C=O) groups excluding carboxylic acids is 3. The van der Waals surface area contributed by atoms with Crippen molar-refractivity contribution >= 4 is 68.1 Å². The van der Waals surface area contributed by atoms with Crippen LogP contribution in [0.25, 0.3) is 6.08 Å². The average Bonchev–Trinajstić information content (AvgIpc) is 3.17. The zero-order valence-electron chi connectivity index (χ0n) is 21.0. The minimum Gasteiger partial charge on any atom is -0.493 e. The summed E-state index contributed by atoms with van der Waals surface area (Å²) in [5.41, 5.74) is 2.07. The van der Waals surface area contributed by atoms with E-state index >= 15 is 0 Å². The molecule has 0 radical (unpaired) electrons. The van der Waals surface area contributed by atoms with Crippen LogP contribution in [0.4, 0.5) is 10.5 Å². The molecule has 3 amide bonds. The first kappa shape index (κ1) is 28.5. The molecule has 0 aliphatic carbocycles. The number of nitrogens with zero attached hydrogens (tertiary/aromatic N) is 1. The number of imide groups is 1. The fraction of sp³-hybridized carbons (Fsp3) is 0.179. The number of halogens is 2. The maximum absolute atomic E-state index is 12.9. The van der Waals surface area contributed by atoms with E-state index < -0.39 is 5.91 Å². The Bertz CT molecular complexity index is 1430. The van der Waals surface area contributed by atoms with Gasteiger partial charge in [-0.15, -0.1) is 0 Å². The largest absolute Gasteiger partial charge is 0.493 e. The van der Waals surface area contributed by atoms with Crippen molar-refractivity contribution in [1.29, 1.82) is 0 Å². The highest BCUT2D eigenvalue weighted by Crippen LogP contribution is 2.39. The molecular weight excluding hydrogens is 608 g/mol. The monoisotopic (exact) mass is 630 g/mol. The molecule has 1 aliphatic rings. The first-order valence-corrected chi connectivity index (χ1v) is 13.7. The second-order valence-corrected chi connectivity index (χ2v) is 10.6. The fourth-order valence-corrected chi connectivity index (χ4v) is 5.20. The lowest BCUT2D eigenvalue weighted by molar-refractivity contribution is -0.123. The molecule has 1 aliphatic heterocycles. The fourth-order valence-electron chi connectivity index (χ4n) is 3.58. The molecule has 3 aromatic rings. The summed E-state index contributed by atoms with van der Waals surface area (Å²) in [4.78, 5) is 39.2. The number of methoxy groups -OCH3 is 1. The van der Waals surface area contributed by atoms with Crippen LogP contribution in [0.15, 0.2) is 70.0 Å². The van der Waals surface area contributed by atoms with Crippen molar-refractivity contribution in [1.82, 2.24) is 4.90 Å². The Labute approximate surface area is 243 Å². The van der Waals surface area contributed by atoms with Gasteiger partial charge in [-0.25, -0.2) is 0 Å². The van der Waals surface area contributed by atoms with Crippen molar-refractivity contribution in [3.05, 3.63) is 86.2 Å². The maximum Gasteiger partial charge on any atom is 0.293 e. The number of carbonyl (C=O) groups is 3. The topological polar surface area (TPSA) is 94.2 Å². The van der Waals surface area contributed by atoms with Crippen molar-refractivity contribution in [3.63, 3.8) is 0 Å². The number of hydrogen-bond acceptors (Lipinski definition) is 7. The highest BCUT2D eigenvalue weighted by atomic mass is 79.9. The molecule has 4 rings (SSSR count). The molecule has 1 saturated heterocycles. The minimum atomic E-state index is -0.398. The number of hydrogen-bond donors (Lipinski definition) is 1. The molecule has 0 bridgehead atoms. The summed E-state index contributed by atoms with van der Waals surface area (Å²) in [5, 5.41) is 2.92. The third-order valence-electron chi connectivity index (χ3n) is 5.55. The third kappa shape index (κ3) is 7.35. The first-order chi connectivity index (χ1) is 18.7. The van der Waals surface area contributed by atoms with Gasteiger partial charge in [0.2, 0.25) is 0 Å². The average molecular weight is 632 g/mol. The van der Waals surface area contributed by atoms with Crippen molar-refractivity contribution in [2.75, 3.05) is 32.2 Å². The lowest BCUT2D eigenvalue weighted by Gasteiger charge is -2.14. The van der Waals surface area contributed by atoms with Crippen molar-refractivity contribution < 1.29 is 28.6 Å². The molecule has 1 N–H and O–H groups in total. The van der Waals surface area contributed by atoms with Crippen LogP contribution in [-0.2, 0) is 9.59 Å². The molecule has 0 spiro atoms. The summed E-state index contributed by atoms with van der Waals surface area (Å²) in [6, 6.07) is 17.8. The van der Waals surface area contributed by atoms with Gasteiger partial charge in [-0.2, -0.15) is 0 Å². The molecule has 3 aromatic carbocycles. The van der Waals surface area contributed by atoms with Crippen molar-refractivity contribution in [2.24, 2.45) is 0 Å². The van der Waals surface area contributed by atoms with Gasteiger partial charge in [-0.3, -0.25) is 19.3 Å². The molecule has 8 nitrogen and oxygen atoms in total. The SMILES string of the molecule is COc1cc(/C=C2\SC(=O)N(CCOc3ccccc3)C2=O)cc(Br)c1OCC(=O)Nc1ccc(C)c(Cl)c1. The van der Waals surface area contributed by atoms with Gasteiger partial charge < -0.3 is 19.5 Å².